The molecule has 2 heterocycles. The summed E-state index contributed by atoms with van der Waals surface area (Å²) in [6, 6.07) is 13.9. The second-order valence-corrected chi connectivity index (χ2v) is 6.37. The molecule has 1 fully saturated rings. The Labute approximate surface area is 189 Å². The summed E-state index contributed by atoms with van der Waals surface area (Å²) in [5.41, 5.74) is 1.11. The highest BCUT2D eigenvalue weighted by Gasteiger charge is 2.15. The molecule has 29 heavy (non-hydrogen) atoms. The van der Waals surface area contributed by atoms with E-state index in [2.05, 4.69) is 33.5 Å². The van der Waals surface area contributed by atoms with Crippen LogP contribution in [0, 0.1) is 0 Å². The van der Waals surface area contributed by atoms with Crippen LogP contribution in [0.3, 0.4) is 0 Å². The third-order valence-corrected chi connectivity index (χ3v) is 4.34. The molecule has 0 amide bonds. The van der Waals surface area contributed by atoms with E-state index in [1.54, 1.807) is 0 Å². The van der Waals surface area contributed by atoms with Crippen molar-refractivity contribution in [1.82, 2.24) is 15.6 Å². The zero-order valence-corrected chi connectivity index (χ0v) is 19.2. The summed E-state index contributed by atoms with van der Waals surface area (Å²) in [4.78, 5) is 11.6. The van der Waals surface area contributed by atoms with Gasteiger partial charge in [0.05, 0.1) is 26.3 Å². The van der Waals surface area contributed by atoms with Crippen LogP contribution in [0.15, 0.2) is 53.7 Å². The van der Waals surface area contributed by atoms with Gasteiger partial charge < -0.3 is 25.0 Å². The van der Waals surface area contributed by atoms with Crippen LogP contribution < -0.4 is 20.3 Å². The number of hydrogen-bond donors (Lipinski definition) is 2. The lowest BCUT2D eigenvalue weighted by Crippen LogP contribution is -2.39. The minimum atomic E-state index is 0. The number of nitrogens with one attached hydrogen (secondary N) is 2. The maximum atomic E-state index is 5.72. The molecule has 0 saturated carbocycles. The molecule has 2 aromatic rings. The maximum absolute atomic E-state index is 5.72. The monoisotopic (exact) mass is 511 g/mol. The summed E-state index contributed by atoms with van der Waals surface area (Å²) in [6.07, 6.45) is 1.84. The first kappa shape index (κ1) is 23.2. The second kappa shape index (κ2) is 13.2. The van der Waals surface area contributed by atoms with Gasteiger partial charge >= 0.3 is 0 Å². The van der Waals surface area contributed by atoms with Crippen molar-refractivity contribution >= 4 is 35.8 Å². The molecular formula is C21H30IN5O2. The Morgan fingerprint density at radius 1 is 1.14 bits per heavy atom. The van der Waals surface area contributed by atoms with E-state index < -0.39 is 0 Å². The number of para-hydroxylation sites is 1. The Morgan fingerprint density at radius 3 is 2.69 bits per heavy atom. The van der Waals surface area contributed by atoms with Gasteiger partial charge in [0.25, 0.3) is 0 Å². The van der Waals surface area contributed by atoms with E-state index in [4.69, 9.17) is 14.5 Å². The molecule has 0 atom stereocenters. The number of morpholine rings is 1. The first-order valence-electron chi connectivity index (χ1n) is 9.83. The van der Waals surface area contributed by atoms with Crippen LogP contribution in [0.5, 0.6) is 5.75 Å². The average Bonchev–Trinajstić information content (AvgIpc) is 2.76. The van der Waals surface area contributed by atoms with Crippen LogP contribution in [-0.4, -0.2) is 56.9 Å². The molecule has 1 aliphatic heterocycles. The van der Waals surface area contributed by atoms with Gasteiger partial charge in [-0.3, -0.25) is 0 Å². The zero-order chi connectivity index (χ0) is 19.4. The van der Waals surface area contributed by atoms with Crippen molar-refractivity contribution in [2.24, 2.45) is 4.99 Å². The maximum Gasteiger partial charge on any atom is 0.191 e. The van der Waals surface area contributed by atoms with Gasteiger partial charge in [0.15, 0.2) is 5.96 Å². The molecule has 1 aliphatic rings. The molecule has 0 unspecified atom stereocenters. The van der Waals surface area contributed by atoms with Crippen LogP contribution in [0.2, 0.25) is 0 Å². The lowest BCUT2D eigenvalue weighted by molar-refractivity contribution is 0.122. The summed E-state index contributed by atoms with van der Waals surface area (Å²) in [6.45, 7) is 7.87. The molecule has 1 aromatic heterocycles. The molecule has 3 rings (SSSR count). The van der Waals surface area contributed by atoms with Crippen LogP contribution in [0.4, 0.5) is 5.82 Å². The number of halogens is 1. The largest absolute Gasteiger partial charge is 0.492 e. The summed E-state index contributed by atoms with van der Waals surface area (Å²) in [5, 5.41) is 6.60. The van der Waals surface area contributed by atoms with Gasteiger partial charge in [0.2, 0.25) is 0 Å². The molecule has 7 nitrogen and oxygen atoms in total. The van der Waals surface area contributed by atoms with Crippen molar-refractivity contribution in [3.05, 3.63) is 54.2 Å². The lowest BCUT2D eigenvalue weighted by Gasteiger charge is -2.29. The van der Waals surface area contributed by atoms with Gasteiger partial charge in [-0.2, -0.15) is 0 Å². The molecule has 0 spiro atoms. The molecule has 158 valence electrons. The number of nitrogens with zero attached hydrogens (tertiary/aromatic N) is 3. The van der Waals surface area contributed by atoms with Crippen molar-refractivity contribution in [3.63, 3.8) is 0 Å². The number of pyridine rings is 1. The number of ether oxygens (including phenoxy) is 2. The van der Waals surface area contributed by atoms with Crippen LogP contribution in [0.1, 0.15) is 12.5 Å². The molecule has 0 radical (unpaired) electrons. The van der Waals surface area contributed by atoms with Crippen molar-refractivity contribution < 1.29 is 9.47 Å². The molecule has 1 aromatic carbocycles. The smallest absolute Gasteiger partial charge is 0.191 e. The number of rotatable bonds is 8. The Hall–Kier alpha value is -2.07. The molecule has 0 bridgehead atoms. The minimum Gasteiger partial charge on any atom is -0.492 e. The molecule has 0 aliphatic carbocycles. The SMILES string of the molecule is CCNC(=NCc1cccnc1N1CCOCC1)NCCOc1ccccc1.I. The zero-order valence-electron chi connectivity index (χ0n) is 16.8. The first-order chi connectivity index (χ1) is 13.9. The number of aromatic nitrogens is 1. The van der Waals surface area contributed by atoms with Crippen LogP contribution in [0.25, 0.3) is 0 Å². The van der Waals surface area contributed by atoms with Gasteiger partial charge in [0.1, 0.15) is 18.2 Å². The van der Waals surface area contributed by atoms with Gasteiger partial charge in [-0.05, 0) is 25.1 Å². The van der Waals surface area contributed by atoms with Crippen molar-refractivity contribution in [2.75, 3.05) is 50.9 Å². The summed E-state index contributed by atoms with van der Waals surface area (Å²) >= 11 is 0. The molecular weight excluding hydrogens is 481 g/mol. The normalized spacial score (nSPS) is 14.1. The van der Waals surface area contributed by atoms with Crippen molar-refractivity contribution in [2.45, 2.75) is 13.5 Å². The minimum absolute atomic E-state index is 0. The van der Waals surface area contributed by atoms with E-state index in [1.165, 1.54) is 0 Å². The Morgan fingerprint density at radius 2 is 1.93 bits per heavy atom. The third-order valence-electron chi connectivity index (χ3n) is 4.34. The summed E-state index contributed by atoms with van der Waals surface area (Å²) in [7, 11) is 0. The van der Waals surface area contributed by atoms with Gasteiger partial charge in [-0.25, -0.2) is 9.98 Å². The highest BCUT2D eigenvalue weighted by Crippen LogP contribution is 2.19. The fourth-order valence-electron chi connectivity index (χ4n) is 2.97. The topological polar surface area (TPSA) is 71.0 Å². The Bertz CT molecular complexity index is 739. The number of hydrogen-bond acceptors (Lipinski definition) is 5. The quantitative estimate of drug-likeness (QED) is 0.246. The first-order valence-corrected chi connectivity index (χ1v) is 9.83. The fourth-order valence-corrected chi connectivity index (χ4v) is 2.97. The molecule has 2 N–H and O–H groups in total. The van der Waals surface area contributed by atoms with Crippen molar-refractivity contribution in [1.29, 1.82) is 0 Å². The van der Waals surface area contributed by atoms with Crippen molar-refractivity contribution in [3.8, 4) is 5.75 Å². The van der Waals surface area contributed by atoms with Crippen LogP contribution in [-0.2, 0) is 11.3 Å². The number of guanidine groups is 1. The van der Waals surface area contributed by atoms with Crippen LogP contribution >= 0.6 is 24.0 Å². The average molecular weight is 511 g/mol. The molecule has 1 saturated heterocycles. The fraction of sp³-hybridized carbons (Fsp3) is 0.429. The Balaban J connectivity index is 0.00000300. The van der Waals surface area contributed by atoms with E-state index in [-0.39, 0.29) is 24.0 Å². The van der Waals surface area contributed by atoms with E-state index >= 15 is 0 Å². The van der Waals surface area contributed by atoms with E-state index in [9.17, 15) is 0 Å². The van der Waals surface area contributed by atoms with E-state index in [1.807, 2.05) is 42.6 Å². The van der Waals surface area contributed by atoms with Gasteiger partial charge in [-0.1, -0.05) is 24.3 Å². The second-order valence-electron chi connectivity index (χ2n) is 6.37. The highest BCUT2D eigenvalue weighted by atomic mass is 127. The Kier molecular flexibility index (Phi) is 10.6. The number of benzene rings is 1. The molecule has 8 heteroatoms. The van der Waals surface area contributed by atoms with E-state index in [0.29, 0.717) is 19.7 Å². The predicted molar refractivity (Wildman–Crippen MR) is 127 cm³/mol. The van der Waals surface area contributed by atoms with Gasteiger partial charge in [0, 0.05) is 31.4 Å². The van der Waals surface area contributed by atoms with Gasteiger partial charge in [-0.15, -0.1) is 24.0 Å². The summed E-state index contributed by atoms with van der Waals surface area (Å²) < 4.78 is 11.2. The summed E-state index contributed by atoms with van der Waals surface area (Å²) in [5.74, 6) is 2.64. The predicted octanol–water partition coefficient (Wildman–Crippen LogP) is 2.67. The lowest BCUT2D eigenvalue weighted by atomic mass is 10.2. The van der Waals surface area contributed by atoms with E-state index in [0.717, 1.165) is 55.9 Å². The highest BCUT2D eigenvalue weighted by molar-refractivity contribution is 14.0. The number of aliphatic imine (C=N–C) groups is 1. The third kappa shape index (κ3) is 7.69. The number of anilines is 1. The standard InChI is InChI=1S/C21H29N5O2.HI/c1-2-22-21(24-11-14-28-19-8-4-3-5-9-19)25-17-18-7-6-10-23-20(18)26-12-15-27-16-13-26;/h3-10H,2,11-17H2,1H3,(H2,22,24,25);1H.